The van der Waals surface area contributed by atoms with E-state index < -0.39 is 4.92 Å². The number of nitro benzene ring substituents is 1. The number of nitrogens with one attached hydrogen (secondary N) is 1. The number of hydrogen-bond acceptors (Lipinski definition) is 3. The summed E-state index contributed by atoms with van der Waals surface area (Å²) in [6, 6.07) is 5.69. The van der Waals surface area contributed by atoms with Crippen LogP contribution >= 0.6 is 11.6 Å². The predicted octanol–water partition coefficient (Wildman–Crippen LogP) is 2.34. The number of benzene rings is 1. The number of carbonyl (C=O) groups is 1. The lowest BCUT2D eigenvalue weighted by molar-refractivity contribution is -0.384. The molecule has 18 heavy (non-hydrogen) atoms. The molecule has 0 radical (unpaired) electrons. The minimum Gasteiger partial charge on any atom is -0.351 e. The van der Waals surface area contributed by atoms with Gasteiger partial charge in [0, 0.05) is 35.5 Å². The van der Waals surface area contributed by atoms with Crippen LogP contribution in [0, 0.1) is 15.5 Å². The van der Waals surface area contributed by atoms with E-state index in [0.717, 1.165) is 12.8 Å². The van der Waals surface area contributed by atoms with Crippen LogP contribution in [0.2, 0.25) is 0 Å². The van der Waals surface area contributed by atoms with E-state index >= 15 is 0 Å². The van der Waals surface area contributed by atoms with Crippen LogP contribution in [-0.4, -0.2) is 23.3 Å². The molecule has 1 amide bonds. The summed E-state index contributed by atoms with van der Waals surface area (Å²) in [5.41, 5.74) is 0.258. The molecule has 0 heterocycles. The van der Waals surface area contributed by atoms with Gasteiger partial charge in [-0.1, -0.05) is 6.07 Å². The number of hydrogen-bond donors (Lipinski definition) is 1. The van der Waals surface area contributed by atoms with Crippen LogP contribution in [0.1, 0.15) is 23.2 Å². The molecule has 1 saturated carbocycles. The van der Waals surface area contributed by atoms with E-state index in [0.29, 0.717) is 18.0 Å². The maximum absolute atomic E-state index is 11.8. The zero-order valence-corrected chi connectivity index (χ0v) is 10.4. The molecule has 2 rings (SSSR count). The van der Waals surface area contributed by atoms with Gasteiger partial charge in [-0.3, -0.25) is 14.9 Å². The monoisotopic (exact) mass is 268 g/mol. The normalized spacial score (nSPS) is 16.1. The van der Waals surface area contributed by atoms with Gasteiger partial charge in [0.15, 0.2) is 0 Å². The summed E-state index contributed by atoms with van der Waals surface area (Å²) in [6.45, 7) is 0.526. The van der Waals surface area contributed by atoms with Crippen molar-refractivity contribution in [3.63, 3.8) is 0 Å². The van der Waals surface area contributed by atoms with Gasteiger partial charge in [-0.25, -0.2) is 0 Å². The Hall–Kier alpha value is -1.62. The van der Waals surface area contributed by atoms with Gasteiger partial charge in [-0.05, 0) is 18.9 Å². The average Bonchev–Trinajstić information content (AvgIpc) is 3.17. The first-order chi connectivity index (χ1) is 8.56. The Morgan fingerprint density at radius 2 is 2.22 bits per heavy atom. The molecule has 0 bridgehead atoms. The van der Waals surface area contributed by atoms with Crippen LogP contribution in [0.15, 0.2) is 24.3 Å². The first-order valence-corrected chi connectivity index (χ1v) is 6.18. The third-order valence-electron chi connectivity index (χ3n) is 3.18. The molecule has 96 valence electrons. The molecule has 0 aromatic heterocycles. The molecule has 5 nitrogen and oxygen atoms in total. The zero-order valence-electron chi connectivity index (χ0n) is 9.69. The van der Waals surface area contributed by atoms with Crippen molar-refractivity contribution in [2.24, 2.45) is 5.41 Å². The van der Waals surface area contributed by atoms with E-state index in [2.05, 4.69) is 5.32 Å². The van der Waals surface area contributed by atoms with Crippen LogP contribution in [0.25, 0.3) is 0 Å². The molecule has 1 N–H and O–H groups in total. The molecular weight excluding hydrogens is 256 g/mol. The van der Waals surface area contributed by atoms with Crippen molar-refractivity contribution < 1.29 is 9.72 Å². The average molecular weight is 269 g/mol. The van der Waals surface area contributed by atoms with Gasteiger partial charge >= 0.3 is 0 Å². The highest BCUT2D eigenvalue weighted by Crippen LogP contribution is 2.45. The topological polar surface area (TPSA) is 72.2 Å². The predicted molar refractivity (Wildman–Crippen MR) is 67.8 cm³/mol. The van der Waals surface area contributed by atoms with Crippen molar-refractivity contribution in [2.75, 3.05) is 12.4 Å². The second-order valence-corrected chi connectivity index (χ2v) is 4.89. The highest BCUT2D eigenvalue weighted by Gasteiger charge is 2.41. The Balaban J connectivity index is 2.00. The van der Waals surface area contributed by atoms with Crippen molar-refractivity contribution >= 4 is 23.2 Å². The second kappa shape index (κ2) is 4.94. The van der Waals surface area contributed by atoms with Gasteiger partial charge < -0.3 is 5.32 Å². The van der Waals surface area contributed by atoms with Gasteiger partial charge in [-0.2, -0.15) is 0 Å². The Bertz CT molecular complexity index is 486. The molecule has 1 aromatic carbocycles. The number of nitrogens with zero attached hydrogens (tertiary/aromatic N) is 1. The number of halogens is 1. The number of nitro groups is 1. The van der Waals surface area contributed by atoms with E-state index in [1.165, 1.54) is 18.2 Å². The lowest BCUT2D eigenvalue weighted by Crippen LogP contribution is -2.31. The van der Waals surface area contributed by atoms with Crippen molar-refractivity contribution in [3.05, 3.63) is 39.9 Å². The summed E-state index contributed by atoms with van der Waals surface area (Å²) in [5.74, 6) is 0.234. The van der Waals surface area contributed by atoms with E-state index in [4.69, 9.17) is 11.6 Å². The van der Waals surface area contributed by atoms with Crippen LogP contribution in [0.4, 0.5) is 5.69 Å². The van der Waals surface area contributed by atoms with Crippen LogP contribution in [-0.2, 0) is 0 Å². The van der Waals surface area contributed by atoms with Crippen molar-refractivity contribution in [3.8, 4) is 0 Å². The second-order valence-electron chi connectivity index (χ2n) is 4.62. The maximum atomic E-state index is 11.8. The third kappa shape index (κ3) is 2.79. The quantitative estimate of drug-likeness (QED) is 0.506. The lowest BCUT2D eigenvalue weighted by atomic mass is 10.1. The largest absolute Gasteiger partial charge is 0.351 e. The Morgan fingerprint density at radius 1 is 1.50 bits per heavy atom. The number of alkyl halides is 1. The number of non-ortho nitro benzene ring substituents is 1. The molecule has 1 aromatic rings. The van der Waals surface area contributed by atoms with Crippen molar-refractivity contribution in [1.82, 2.24) is 5.32 Å². The minimum absolute atomic E-state index is 0.0396. The number of amides is 1. The van der Waals surface area contributed by atoms with Crippen LogP contribution in [0.3, 0.4) is 0 Å². The van der Waals surface area contributed by atoms with Crippen LogP contribution in [0.5, 0.6) is 0 Å². The summed E-state index contributed by atoms with van der Waals surface area (Å²) >= 11 is 5.81. The van der Waals surface area contributed by atoms with E-state index in [-0.39, 0.29) is 17.0 Å². The van der Waals surface area contributed by atoms with Crippen LogP contribution < -0.4 is 5.32 Å². The van der Waals surface area contributed by atoms with E-state index in [1.54, 1.807) is 6.07 Å². The van der Waals surface area contributed by atoms with Gasteiger partial charge in [-0.15, -0.1) is 11.6 Å². The molecule has 0 saturated heterocycles. The third-order valence-corrected chi connectivity index (χ3v) is 3.75. The number of rotatable bonds is 5. The van der Waals surface area contributed by atoms with Gasteiger partial charge in [0.1, 0.15) is 0 Å². The first-order valence-electron chi connectivity index (χ1n) is 5.65. The summed E-state index contributed by atoms with van der Waals surface area (Å²) in [7, 11) is 0. The zero-order chi connectivity index (χ0) is 13.2. The summed E-state index contributed by atoms with van der Waals surface area (Å²) in [5, 5.41) is 13.4. The Kier molecular flexibility index (Phi) is 3.52. The number of carbonyl (C=O) groups excluding carboxylic acids is 1. The molecule has 0 spiro atoms. The molecule has 0 atom stereocenters. The van der Waals surface area contributed by atoms with Gasteiger partial charge in [0.25, 0.3) is 11.6 Å². The Morgan fingerprint density at radius 3 is 2.78 bits per heavy atom. The fraction of sp³-hybridized carbons (Fsp3) is 0.417. The standard InChI is InChI=1S/C12H13ClN2O3/c13-7-12(4-5-12)8-14-11(16)9-2-1-3-10(6-9)15(17)18/h1-3,6H,4-5,7-8H2,(H,14,16). The molecule has 0 unspecified atom stereocenters. The molecular formula is C12H13ClN2O3. The minimum atomic E-state index is -0.516. The summed E-state index contributed by atoms with van der Waals surface area (Å²) in [6.07, 6.45) is 2.04. The molecule has 1 aliphatic carbocycles. The van der Waals surface area contributed by atoms with Crippen molar-refractivity contribution in [1.29, 1.82) is 0 Å². The highest BCUT2D eigenvalue weighted by atomic mass is 35.5. The maximum Gasteiger partial charge on any atom is 0.270 e. The summed E-state index contributed by atoms with van der Waals surface area (Å²) < 4.78 is 0. The van der Waals surface area contributed by atoms with E-state index in [9.17, 15) is 14.9 Å². The van der Waals surface area contributed by atoms with Crippen molar-refractivity contribution in [2.45, 2.75) is 12.8 Å². The molecule has 1 fully saturated rings. The fourth-order valence-electron chi connectivity index (χ4n) is 1.66. The van der Waals surface area contributed by atoms with E-state index in [1.807, 2.05) is 0 Å². The molecule has 1 aliphatic rings. The SMILES string of the molecule is O=C(NCC1(CCl)CC1)c1cccc([N+](=O)[O-])c1. The Labute approximate surface area is 109 Å². The lowest BCUT2D eigenvalue weighted by Gasteiger charge is -2.12. The smallest absolute Gasteiger partial charge is 0.270 e. The summed E-state index contributed by atoms with van der Waals surface area (Å²) in [4.78, 5) is 21.9. The first kappa shape index (κ1) is 12.8. The van der Waals surface area contributed by atoms with Gasteiger partial charge in [0.2, 0.25) is 0 Å². The molecule has 6 heteroatoms. The fourth-order valence-corrected chi connectivity index (χ4v) is 2.03. The van der Waals surface area contributed by atoms with Gasteiger partial charge in [0.05, 0.1) is 4.92 Å². The molecule has 0 aliphatic heterocycles. The highest BCUT2D eigenvalue weighted by molar-refractivity contribution is 6.18.